The fraction of sp³-hybridized carbons (Fsp3) is 0.150. The number of carbonyl (C=O) groups excluding carboxylic acids is 1. The lowest BCUT2D eigenvalue weighted by molar-refractivity contribution is 0.0600. The number of ether oxygens (including phenoxy) is 4. The Morgan fingerprint density at radius 3 is 2.59 bits per heavy atom. The summed E-state index contributed by atoms with van der Waals surface area (Å²) in [5.41, 5.74) is 7.55. The van der Waals surface area contributed by atoms with Crippen molar-refractivity contribution in [3.05, 3.63) is 54.4 Å². The number of nitrogens with one attached hydrogen (secondary N) is 1. The van der Waals surface area contributed by atoms with Crippen LogP contribution in [0.4, 0.5) is 17.2 Å². The van der Waals surface area contributed by atoms with Crippen LogP contribution in [0.1, 0.15) is 10.4 Å². The van der Waals surface area contributed by atoms with Crippen molar-refractivity contribution in [3.63, 3.8) is 0 Å². The number of anilines is 3. The Morgan fingerprint density at radius 2 is 1.83 bits per heavy atom. The van der Waals surface area contributed by atoms with E-state index in [9.17, 15) is 4.79 Å². The standard InChI is InChI=1S/C20H18N4O5/c1-26-20(25)12-2-5-14(6-3-12)29-19-17(21)18(22-11-23-19)24-13-4-7-15-16(10-13)28-9-8-27-15/h2-7,10-11H,8-9,21H2,1H3,(H,22,23,24). The van der Waals surface area contributed by atoms with E-state index < -0.39 is 5.97 Å². The van der Waals surface area contributed by atoms with Crippen molar-refractivity contribution in [1.29, 1.82) is 0 Å². The Labute approximate surface area is 166 Å². The summed E-state index contributed by atoms with van der Waals surface area (Å²) in [7, 11) is 1.32. The average Bonchev–Trinajstić information content (AvgIpc) is 2.76. The van der Waals surface area contributed by atoms with E-state index in [1.54, 1.807) is 24.3 Å². The fourth-order valence-corrected chi connectivity index (χ4v) is 2.71. The van der Waals surface area contributed by atoms with Crippen LogP contribution in [0.3, 0.4) is 0 Å². The second kappa shape index (κ2) is 7.93. The third-order valence-corrected chi connectivity index (χ3v) is 4.14. The summed E-state index contributed by atoms with van der Waals surface area (Å²) in [6, 6.07) is 11.9. The van der Waals surface area contributed by atoms with Crippen molar-refractivity contribution in [1.82, 2.24) is 9.97 Å². The average molecular weight is 394 g/mol. The molecule has 0 bridgehead atoms. The molecule has 148 valence electrons. The van der Waals surface area contributed by atoms with Crippen LogP contribution in [0.15, 0.2) is 48.8 Å². The lowest BCUT2D eigenvalue weighted by Crippen LogP contribution is -2.15. The highest BCUT2D eigenvalue weighted by atomic mass is 16.6. The largest absolute Gasteiger partial charge is 0.486 e. The highest BCUT2D eigenvalue weighted by Gasteiger charge is 2.15. The summed E-state index contributed by atoms with van der Waals surface area (Å²) in [6.45, 7) is 1.03. The molecule has 9 heteroatoms. The summed E-state index contributed by atoms with van der Waals surface area (Å²) < 4.78 is 21.5. The zero-order chi connectivity index (χ0) is 20.2. The van der Waals surface area contributed by atoms with Gasteiger partial charge in [0.1, 0.15) is 31.0 Å². The molecule has 9 nitrogen and oxygen atoms in total. The second-order valence-electron chi connectivity index (χ2n) is 6.04. The lowest BCUT2D eigenvalue weighted by atomic mass is 10.2. The Kier molecular flexibility index (Phi) is 5.02. The number of hydrogen-bond donors (Lipinski definition) is 2. The molecule has 3 N–H and O–H groups in total. The van der Waals surface area contributed by atoms with E-state index in [1.807, 2.05) is 18.2 Å². The van der Waals surface area contributed by atoms with Gasteiger partial charge in [0.15, 0.2) is 17.3 Å². The molecule has 3 aromatic rings. The van der Waals surface area contributed by atoms with Gasteiger partial charge in [-0.15, -0.1) is 0 Å². The molecule has 0 radical (unpaired) electrons. The Balaban J connectivity index is 1.52. The van der Waals surface area contributed by atoms with Crippen LogP contribution in [0.25, 0.3) is 0 Å². The van der Waals surface area contributed by atoms with Crippen molar-refractivity contribution in [2.75, 3.05) is 31.4 Å². The molecule has 0 aliphatic carbocycles. The molecule has 1 aliphatic heterocycles. The predicted octanol–water partition coefficient (Wildman–Crippen LogP) is 3.15. The maximum absolute atomic E-state index is 11.5. The first kappa shape index (κ1) is 18.4. The van der Waals surface area contributed by atoms with Gasteiger partial charge in [0.2, 0.25) is 5.88 Å². The molecular weight excluding hydrogens is 376 g/mol. The second-order valence-corrected chi connectivity index (χ2v) is 6.04. The summed E-state index contributed by atoms with van der Waals surface area (Å²) >= 11 is 0. The number of nitrogens with two attached hydrogens (primary N) is 1. The van der Waals surface area contributed by atoms with E-state index in [1.165, 1.54) is 13.4 Å². The number of fused-ring (bicyclic) bond motifs is 1. The first-order chi connectivity index (χ1) is 14.1. The molecule has 0 saturated heterocycles. The molecule has 29 heavy (non-hydrogen) atoms. The quantitative estimate of drug-likeness (QED) is 0.629. The first-order valence-corrected chi connectivity index (χ1v) is 8.77. The number of esters is 1. The maximum Gasteiger partial charge on any atom is 0.337 e. The Hall–Kier alpha value is -4.01. The van der Waals surface area contributed by atoms with E-state index in [-0.39, 0.29) is 11.6 Å². The van der Waals surface area contributed by atoms with Gasteiger partial charge in [0, 0.05) is 11.8 Å². The van der Waals surface area contributed by atoms with Gasteiger partial charge in [0.05, 0.1) is 12.7 Å². The molecule has 2 aromatic carbocycles. The van der Waals surface area contributed by atoms with E-state index in [2.05, 4.69) is 20.0 Å². The van der Waals surface area contributed by atoms with Crippen LogP contribution < -0.4 is 25.3 Å². The number of nitrogens with zero attached hydrogens (tertiary/aromatic N) is 2. The normalized spacial score (nSPS) is 12.2. The molecule has 4 rings (SSSR count). The molecular formula is C20H18N4O5. The van der Waals surface area contributed by atoms with Gasteiger partial charge in [-0.05, 0) is 36.4 Å². The molecule has 0 atom stereocenters. The number of carbonyl (C=O) groups is 1. The number of benzene rings is 2. The number of methoxy groups -OCH3 is 1. The molecule has 1 aromatic heterocycles. The van der Waals surface area contributed by atoms with E-state index in [0.29, 0.717) is 41.8 Å². The smallest absolute Gasteiger partial charge is 0.337 e. The highest BCUT2D eigenvalue weighted by Crippen LogP contribution is 2.35. The van der Waals surface area contributed by atoms with Gasteiger partial charge in [-0.25, -0.2) is 9.78 Å². The van der Waals surface area contributed by atoms with Crippen LogP contribution in [0, 0.1) is 0 Å². The molecule has 0 saturated carbocycles. The Morgan fingerprint density at radius 1 is 1.07 bits per heavy atom. The summed E-state index contributed by atoms with van der Waals surface area (Å²) in [4.78, 5) is 19.8. The van der Waals surface area contributed by atoms with E-state index >= 15 is 0 Å². The molecule has 0 amide bonds. The van der Waals surface area contributed by atoms with Gasteiger partial charge < -0.3 is 30.0 Å². The van der Waals surface area contributed by atoms with Gasteiger partial charge in [-0.1, -0.05) is 0 Å². The SMILES string of the molecule is COC(=O)c1ccc(Oc2ncnc(Nc3ccc4c(c3)OCCO4)c2N)cc1. The number of aromatic nitrogens is 2. The van der Waals surface area contributed by atoms with Gasteiger partial charge >= 0.3 is 5.97 Å². The number of hydrogen-bond acceptors (Lipinski definition) is 9. The highest BCUT2D eigenvalue weighted by molar-refractivity contribution is 5.89. The number of rotatable bonds is 5. The summed E-state index contributed by atoms with van der Waals surface area (Å²) in [6.07, 6.45) is 1.34. The third kappa shape index (κ3) is 3.98. The topological polar surface area (TPSA) is 118 Å². The van der Waals surface area contributed by atoms with Crippen LogP contribution in [0.5, 0.6) is 23.1 Å². The molecule has 0 unspecified atom stereocenters. The molecule has 1 aliphatic rings. The minimum Gasteiger partial charge on any atom is -0.486 e. The maximum atomic E-state index is 11.5. The first-order valence-electron chi connectivity index (χ1n) is 8.77. The minimum absolute atomic E-state index is 0.186. The molecule has 0 fully saturated rings. The van der Waals surface area contributed by atoms with Gasteiger partial charge in [0.25, 0.3) is 0 Å². The summed E-state index contributed by atoms with van der Waals surface area (Å²) in [5, 5.41) is 3.13. The van der Waals surface area contributed by atoms with Crippen molar-refractivity contribution < 1.29 is 23.7 Å². The monoisotopic (exact) mass is 394 g/mol. The number of nitrogen functional groups attached to an aromatic ring is 1. The molecule has 0 spiro atoms. The van der Waals surface area contributed by atoms with Crippen LogP contribution >= 0.6 is 0 Å². The van der Waals surface area contributed by atoms with Crippen molar-refractivity contribution >= 4 is 23.2 Å². The third-order valence-electron chi connectivity index (χ3n) is 4.14. The van der Waals surface area contributed by atoms with Crippen LogP contribution in [0.2, 0.25) is 0 Å². The van der Waals surface area contributed by atoms with Crippen molar-refractivity contribution in [3.8, 4) is 23.1 Å². The zero-order valence-corrected chi connectivity index (χ0v) is 15.5. The fourth-order valence-electron chi connectivity index (χ4n) is 2.71. The minimum atomic E-state index is -0.427. The van der Waals surface area contributed by atoms with E-state index in [0.717, 1.165) is 5.69 Å². The predicted molar refractivity (Wildman–Crippen MR) is 105 cm³/mol. The van der Waals surface area contributed by atoms with Gasteiger partial charge in [-0.3, -0.25) is 0 Å². The zero-order valence-electron chi connectivity index (χ0n) is 15.5. The van der Waals surface area contributed by atoms with Gasteiger partial charge in [-0.2, -0.15) is 4.98 Å². The summed E-state index contributed by atoms with van der Waals surface area (Å²) in [5.74, 6) is 1.95. The van der Waals surface area contributed by atoms with Crippen LogP contribution in [-0.4, -0.2) is 36.3 Å². The molecule has 2 heterocycles. The van der Waals surface area contributed by atoms with Crippen molar-refractivity contribution in [2.45, 2.75) is 0 Å². The lowest BCUT2D eigenvalue weighted by Gasteiger charge is -2.19. The van der Waals surface area contributed by atoms with E-state index in [4.69, 9.17) is 19.9 Å². The van der Waals surface area contributed by atoms with Crippen molar-refractivity contribution in [2.24, 2.45) is 0 Å². The van der Waals surface area contributed by atoms with Crippen LogP contribution in [-0.2, 0) is 4.74 Å². The Bertz CT molecular complexity index is 1040.